The van der Waals surface area contributed by atoms with Gasteiger partial charge < -0.3 is 15.4 Å². The van der Waals surface area contributed by atoms with Gasteiger partial charge in [-0.25, -0.2) is 0 Å². The zero-order chi connectivity index (χ0) is 9.40. The molecule has 0 radical (unpaired) electrons. The highest BCUT2D eigenvalue weighted by molar-refractivity contribution is 4.57. The topological polar surface area (TPSA) is 38.5 Å². The monoisotopic (exact) mass is 174 g/mol. The Morgan fingerprint density at radius 2 is 2.08 bits per heavy atom. The maximum absolute atomic E-state index is 5.52. The molecule has 0 heterocycles. The van der Waals surface area contributed by atoms with Crippen LogP contribution in [0.5, 0.6) is 0 Å². The molecule has 0 fully saturated rings. The van der Waals surface area contributed by atoms with Gasteiger partial charge in [0.05, 0.1) is 6.61 Å². The Labute approximate surface area is 75.9 Å². The van der Waals surface area contributed by atoms with E-state index in [1.54, 1.807) is 7.11 Å². The molecule has 12 heavy (non-hydrogen) atoms. The molecule has 3 heteroatoms. The summed E-state index contributed by atoms with van der Waals surface area (Å²) in [6, 6.07) is 0. The van der Waals surface area contributed by atoms with Crippen molar-refractivity contribution in [2.45, 2.75) is 13.3 Å². The summed E-state index contributed by atoms with van der Waals surface area (Å²) in [5, 5.41) is 0. The molecule has 0 bridgehead atoms. The van der Waals surface area contributed by atoms with Crippen molar-refractivity contribution < 1.29 is 4.74 Å². The average Bonchev–Trinajstić information content (AvgIpc) is 2.10. The lowest BCUT2D eigenvalue weighted by Crippen LogP contribution is -2.26. The molecular weight excluding hydrogens is 152 g/mol. The first-order chi connectivity index (χ1) is 5.70. The van der Waals surface area contributed by atoms with Gasteiger partial charge >= 0.3 is 0 Å². The van der Waals surface area contributed by atoms with Crippen molar-refractivity contribution in [1.82, 2.24) is 4.90 Å². The number of rotatable bonds is 7. The van der Waals surface area contributed by atoms with Crippen molar-refractivity contribution in [2.75, 3.05) is 40.4 Å². The lowest BCUT2D eigenvalue weighted by molar-refractivity contribution is 0.158. The van der Waals surface area contributed by atoms with E-state index in [1.807, 2.05) is 0 Å². The van der Waals surface area contributed by atoms with Crippen LogP contribution in [0.3, 0.4) is 0 Å². The highest BCUT2D eigenvalue weighted by atomic mass is 16.5. The summed E-state index contributed by atoms with van der Waals surface area (Å²) in [7, 11) is 3.85. The average molecular weight is 174 g/mol. The predicted octanol–water partition coefficient (Wildman–Crippen LogP) is 0.550. The Bertz CT molecular complexity index is 98.5. The molecule has 0 aliphatic carbocycles. The number of hydrogen-bond acceptors (Lipinski definition) is 3. The van der Waals surface area contributed by atoms with Crippen molar-refractivity contribution in [3.8, 4) is 0 Å². The van der Waals surface area contributed by atoms with Crippen molar-refractivity contribution in [1.29, 1.82) is 0 Å². The molecule has 0 aromatic heterocycles. The van der Waals surface area contributed by atoms with Gasteiger partial charge in [0.25, 0.3) is 0 Å². The maximum atomic E-state index is 5.52. The van der Waals surface area contributed by atoms with Crippen LogP contribution in [0, 0.1) is 5.92 Å². The third-order valence-electron chi connectivity index (χ3n) is 2.08. The predicted molar refractivity (Wildman–Crippen MR) is 52.2 cm³/mol. The zero-order valence-corrected chi connectivity index (χ0v) is 8.55. The van der Waals surface area contributed by atoms with Gasteiger partial charge in [0, 0.05) is 13.7 Å². The van der Waals surface area contributed by atoms with Crippen LogP contribution in [-0.4, -0.2) is 45.3 Å². The number of nitrogens with two attached hydrogens (primary N) is 1. The summed E-state index contributed by atoms with van der Waals surface area (Å²) in [6.45, 7) is 5.91. The van der Waals surface area contributed by atoms with Gasteiger partial charge in [-0.2, -0.15) is 0 Å². The van der Waals surface area contributed by atoms with Crippen LogP contribution in [0.25, 0.3) is 0 Å². The summed E-state index contributed by atoms with van der Waals surface area (Å²) in [4.78, 5) is 2.27. The van der Waals surface area contributed by atoms with Crippen molar-refractivity contribution in [3.63, 3.8) is 0 Å². The molecule has 2 N–H and O–H groups in total. The molecule has 3 nitrogen and oxygen atoms in total. The van der Waals surface area contributed by atoms with Gasteiger partial charge in [0.2, 0.25) is 0 Å². The second kappa shape index (κ2) is 7.53. The lowest BCUT2D eigenvalue weighted by Gasteiger charge is -2.17. The van der Waals surface area contributed by atoms with Crippen molar-refractivity contribution in [2.24, 2.45) is 11.7 Å². The number of likely N-dealkylation sites (N-methyl/N-ethyl adjacent to an activating group) is 1. The summed E-state index contributed by atoms with van der Waals surface area (Å²) < 4.78 is 4.98. The minimum atomic E-state index is 0.634. The van der Waals surface area contributed by atoms with Crippen LogP contribution in [0.1, 0.15) is 13.3 Å². The third kappa shape index (κ3) is 6.58. The molecule has 74 valence electrons. The standard InChI is InChI=1S/C9H22N2O/c1-9(8-10)4-5-11(2)6-7-12-3/h9H,4-8,10H2,1-3H3. The first-order valence-corrected chi connectivity index (χ1v) is 4.58. The molecule has 0 aromatic rings. The highest BCUT2D eigenvalue weighted by Gasteiger charge is 2.01. The van der Waals surface area contributed by atoms with Gasteiger partial charge in [-0.05, 0) is 32.5 Å². The van der Waals surface area contributed by atoms with Crippen molar-refractivity contribution in [3.05, 3.63) is 0 Å². The SMILES string of the molecule is COCCN(C)CCC(C)CN. The van der Waals surface area contributed by atoms with Crippen LogP contribution in [0.2, 0.25) is 0 Å². The first kappa shape index (κ1) is 11.9. The largest absolute Gasteiger partial charge is 0.383 e. The molecule has 0 saturated heterocycles. The Hall–Kier alpha value is -0.120. The molecule has 0 aliphatic heterocycles. The number of methoxy groups -OCH3 is 1. The van der Waals surface area contributed by atoms with Gasteiger partial charge in [-0.1, -0.05) is 6.92 Å². The van der Waals surface area contributed by atoms with Gasteiger partial charge in [0.15, 0.2) is 0 Å². The van der Waals surface area contributed by atoms with E-state index in [-0.39, 0.29) is 0 Å². The summed E-state index contributed by atoms with van der Waals surface area (Å²) >= 11 is 0. The van der Waals surface area contributed by atoms with Crippen LogP contribution >= 0.6 is 0 Å². The van der Waals surface area contributed by atoms with E-state index in [1.165, 1.54) is 6.42 Å². The second-order valence-corrected chi connectivity index (χ2v) is 3.43. The first-order valence-electron chi connectivity index (χ1n) is 4.58. The van der Waals surface area contributed by atoms with E-state index in [0.717, 1.165) is 26.2 Å². The smallest absolute Gasteiger partial charge is 0.0589 e. The molecular formula is C9H22N2O. The Morgan fingerprint density at radius 1 is 1.42 bits per heavy atom. The van der Waals surface area contributed by atoms with E-state index >= 15 is 0 Å². The van der Waals surface area contributed by atoms with Crippen molar-refractivity contribution >= 4 is 0 Å². The number of ether oxygens (including phenoxy) is 1. The minimum absolute atomic E-state index is 0.634. The van der Waals surface area contributed by atoms with Crippen LogP contribution in [0.4, 0.5) is 0 Å². The fraction of sp³-hybridized carbons (Fsp3) is 1.00. The molecule has 1 unspecified atom stereocenters. The molecule has 0 spiro atoms. The van der Waals surface area contributed by atoms with Crippen LogP contribution in [0.15, 0.2) is 0 Å². The quantitative estimate of drug-likeness (QED) is 0.612. The molecule has 0 saturated carbocycles. The molecule has 0 aliphatic rings. The Morgan fingerprint density at radius 3 is 2.58 bits per heavy atom. The van der Waals surface area contributed by atoms with E-state index in [0.29, 0.717) is 5.92 Å². The Balaban J connectivity index is 3.24. The molecule has 0 rings (SSSR count). The maximum Gasteiger partial charge on any atom is 0.0589 e. The summed E-state index contributed by atoms with van der Waals surface area (Å²) in [5.74, 6) is 0.634. The fourth-order valence-electron chi connectivity index (χ4n) is 0.918. The van der Waals surface area contributed by atoms with Gasteiger partial charge in [0.1, 0.15) is 0 Å². The third-order valence-corrected chi connectivity index (χ3v) is 2.08. The fourth-order valence-corrected chi connectivity index (χ4v) is 0.918. The minimum Gasteiger partial charge on any atom is -0.383 e. The number of nitrogens with zero attached hydrogens (tertiary/aromatic N) is 1. The molecule has 1 atom stereocenters. The zero-order valence-electron chi connectivity index (χ0n) is 8.55. The molecule has 0 aromatic carbocycles. The Kier molecular flexibility index (Phi) is 7.45. The lowest BCUT2D eigenvalue weighted by atomic mass is 10.1. The summed E-state index contributed by atoms with van der Waals surface area (Å²) in [5.41, 5.74) is 5.52. The van der Waals surface area contributed by atoms with E-state index < -0.39 is 0 Å². The molecule has 0 amide bonds. The van der Waals surface area contributed by atoms with Gasteiger partial charge in [-0.15, -0.1) is 0 Å². The van der Waals surface area contributed by atoms with E-state index in [2.05, 4.69) is 18.9 Å². The summed E-state index contributed by atoms with van der Waals surface area (Å²) in [6.07, 6.45) is 1.18. The van der Waals surface area contributed by atoms with Crippen LogP contribution in [-0.2, 0) is 4.74 Å². The normalized spacial score (nSPS) is 13.8. The van der Waals surface area contributed by atoms with E-state index in [4.69, 9.17) is 10.5 Å². The van der Waals surface area contributed by atoms with E-state index in [9.17, 15) is 0 Å². The number of hydrogen-bond donors (Lipinski definition) is 1. The highest BCUT2D eigenvalue weighted by Crippen LogP contribution is 1.99. The second-order valence-electron chi connectivity index (χ2n) is 3.43. The van der Waals surface area contributed by atoms with Crippen LogP contribution < -0.4 is 5.73 Å². The van der Waals surface area contributed by atoms with Gasteiger partial charge in [-0.3, -0.25) is 0 Å².